The number of nitrogens with one attached hydrogen (secondary N) is 1. The maximum atomic E-state index is 11.9. The lowest BCUT2D eigenvalue weighted by molar-refractivity contribution is 0.0929. The Kier molecular flexibility index (Phi) is 3.66. The summed E-state index contributed by atoms with van der Waals surface area (Å²) in [6.45, 7) is 0. The second-order valence-corrected chi connectivity index (χ2v) is 5.74. The summed E-state index contributed by atoms with van der Waals surface area (Å²) in [5, 5.41) is 8.64. The summed E-state index contributed by atoms with van der Waals surface area (Å²) in [5.41, 5.74) is 4.06. The fourth-order valence-electron chi connectivity index (χ4n) is 1.70. The number of nitrogens with zero attached hydrogens (tertiary/aromatic N) is 1. The predicted molar refractivity (Wildman–Crippen MR) is 83.3 cm³/mol. The zero-order chi connectivity index (χ0) is 13.9. The Bertz CT molecular complexity index is 778. The maximum Gasteiger partial charge on any atom is 0.307 e. The van der Waals surface area contributed by atoms with Gasteiger partial charge in [0.1, 0.15) is 5.58 Å². The van der Waals surface area contributed by atoms with Crippen LogP contribution in [0.5, 0.6) is 0 Å². The lowest BCUT2D eigenvalue weighted by Crippen LogP contribution is -2.16. The normalized spacial score (nSPS) is 11.2. The minimum Gasteiger partial charge on any atom is -0.451 e. The minimum atomic E-state index is -0.371. The van der Waals surface area contributed by atoms with Gasteiger partial charge in [-0.05, 0) is 41.1 Å². The SMILES string of the molecule is O=C(N/N=C/c1ccsc1)c1cc2cc(Br)ccc2o1. The lowest BCUT2D eigenvalue weighted by atomic mass is 10.2. The average Bonchev–Trinajstić information content (AvgIpc) is 3.06. The molecule has 3 rings (SSSR count). The van der Waals surface area contributed by atoms with Gasteiger partial charge in [0.05, 0.1) is 6.21 Å². The molecule has 0 fully saturated rings. The summed E-state index contributed by atoms with van der Waals surface area (Å²) >= 11 is 4.95. The van der Waals surface area contributed by atoms with Crippen LogP contribution in [0.4, 0.5) is 0 Å². The van der Waals surface area contributed by atoms with Crippen LogP contribution in [0, 0.1) is 0 Å². The molecule has 4 nitrogen and oxygen atoms in total. The Balaban J connectivity index is 1.75. The molecule has 0 bridgehead atoms. The molecule has 0 saturated heterocycles. The molecule has 0 aliphatic rings. The Hall–Kier alpha value is -1.92. The fourth-order valence-corrected chi connectivity index (χ4v) is 2.68. The van der Waals surface area contributed by atoms with E-state index in [9.17, 15) is 4.79 Å². The standard InChI is InChI=1S/C14H9BrN2O2S/c15-11-1-2-12-10(5-11)6-13(19-12)14(18)17-16-7-9-3-4-20-8-9/h1-8H,(H,17,18)/b16-7+. The number of fused-ring (bicyclic) bond motifs is 1. The quantitative estimate of drug-likeness (QED) is 0.574. The first kappa shape index (κ1) is 13.1. The summed E-state index contributed by atoms with van der Waals surface area (Å²) < 4.78 is 6.41. The van der Waals surface area contributed by atoms with Crippen molar-refractivity contribution in [2.24, 2.45) is 5.10 Å². The van der Waals surface area contributed by atoms with E-state index in [1.165, 1.54) is 0 Å². The molecule has 0 radical (unpaired) electrons. The third-order valence-corrected chi connectivity index (χ3v) is 3.82. The van der Waals surface area contributed by atoms with Crippen LogP contribution >= 0.6 is 27.3 Å². The number of benzene rings is 1. The predicted octanol–water partition coefficient (Wildman–Crippen LogP) is 4.02. The van der Waals surface area contributed by atoms with Crippen LogP contribution in [0.25, 0.3) is 11.0 Å². The number of carbonyl (C=O) groups excluding carboxylic acids is 1. The van der Waals surface area contributed by atoms with Crippen molar-refractivity contribution in [3.05, 3.63) is 56.9 Å². The molecule has 6 heteroatoms. The first-order chi connectivity index (χ1) is 9.72. The van der Waals surface area contributed by atoms with Crippen LogP contribution in [0.1, 0.15) is 16.1 Å². The van der Waals surface area contributed by atoms with E-state index in [1.807, 2.05) is 35.0 Å². The van der Waals surface area contributed by atoms with Crippen molar-refractivity contribution in [1.82, 2.24) is 5.43 Å². The number of furan rings is 1. The maximum absolute atomic E-state index is 11.9. The van der Waals surface area contributed by atoms with Gasteiger partial charge in [0.25, 0.3) is 0 Å². The zero-order valence-corrected chi connectivity index (χ0v) is 12.6. The van der Waals surface area contributed by atoms with Crippen LogP contribution in [0.15, 0.2) is 55.1 Å². The number of halogens is 1. The summed E-state index contributed by atoms with van der Waals surface area (Å²) in [7, 11) is 0. The van der Waals surface area contributed by atoms with Crippen LogP contribution in [0.2, 0.25) is 0 Å². The van der Waals surface area contributed by atoms with E-state index >= 15 is 0 Å². The van der Waals surface area contributed by atoms with E-state index < -0.39 is 0 Å². The molecule has 1 amide bonds. The van der Waals surface area contributed by atoms with Crippen LogP contribution in [-0.2, 0) is 0 Å². The Morgan fingerprint density at radius 3 is 3.05 bits per heavy atom. The first-order valence-corrected chi connectivity index (χ1v) is 7.51. The molecular formula is C14H9BrN2O2S. The molecule has 2 heterocycles. The van der Waals surface area contributed by atoms with Gasteiger partial charge in [0.15, 0.2) is 5.76 Å². The third-order valence-electron chi connectivity index (χ3n) is 2.63. The lowest BCUT2D eigenvalue weighted by Gasteiger charge is -1.93. The van der Waals surface area contributed by atoms with Crippen LogP contribution < -0.4 is 5.43 Å². The highest BCUT2D eigenvalue weighted by Crippen LogP contribution is 2.23. The van der Waals surface area contributed by atoms with Gasteiger partial charge in [-0.2, -0.15) is 16.4 Å². The second-order valence-electron chi connectivity index (χ2n) is 4.05. The van der Waals surface area contributed by atoms with Crippen molar-refractivity contribution < 1.29 is 9.21 Å². The minimum absolute atomic E-state index is 0.237. The average molecular weight is 349 g/mol. The fraction of sp³-hybridized carbons (Fsp3) is 0. The molecule has 3 aromatic rings. The van der Waals surface area contributed by atoms with E-state index in [0.29, 0.717) is 5.58 Å². The molecule has 0 atom stereocenters. The highest BCUT2D eigenvalue weighted by molar-refractivity contribution is 9.10. The number of hydrogen-bond acceptors (Lipinski definition) is 4. The molecule has 2 aromatic heterocycles. The molecular weight excluding hydrogens is 340 g/mol. The van der Waals surface area contributed by atoms with Crippen molar-refractivity contribution in [2.45, 2.75) is 0 Å². The van der Waals surface area contributed by atoms with Crippen molar-refractivity contribution in [1.29, 1.82) is 0 Å². The molecule has 1 N–H and O–H groups in total. The Morgan fingerprint density at radius 2 is 2.25 bits per heavy atom. The van der Waals surface area contributed by atoms with Gasteiger partial charge in [-0.25, -0.2) is 5.43 Å². The van der Waals surface area contributed by atoms with Crippen molar-refractivity contribution >= 4 is 50.4 Å². The monoisotopic (exact) mass is 348 g/mol. The molecule has 1 aromatic carbocycles. The van der Waals surface area contributed by atoms with Gasteiger partial charge in [0, 0.05) is 15.4 Å². The molecule has 0 aliphatic carbocycles. The summed E-state index contributed by atoms with van der Waals surface area (Å²) in [6.07, 6.45) is 1.59. The number of thiophene rings is 1. The van der Waals surface area contributed by atoms with E-state index in [2.05, 4.69) is 26.5 Å². The van der Waals surface area contributed by atoms with E-state index in [1.54, 1.807) is 23.6 Å². The molecule has 0 saturated carbocycles. The summed E-state index contributed by atoms with van der Waals surface area (Å²) in [6, 6.07) is 9.17. The molecule has 0 spiro atoms. The van der Waals surface area contributed by atoms with E-state index in [0.717, 1.165) is 15.4 Å². The Labute approximate surface area is 127 Å². The zero-order valence-electron chi connectivity index (χ0n) is 10.2. The highest BCUT2D eigenvalue weighted by Gasteiger charge is 2.11. The number of hydrazone groups is 1. The van der Waals surface area contributed by atoms with Crippen molar-refractivity contribution in [2.75, 3.05) is 0 Å². The molecule has 0 aliphatic heterocycles. The molecule has 20 heavy (non-hydrogen) atoms. The smallest absolute Gasteiger partial charge is 0.307 e. The second kappa shape index (κ2) is 5.60. The van der Waals surface area contributed by atoms with Crippen LogP contribution in [0.3, 0.4) is 0 Å². The largest absolute Gasteiger partial charge is 0.451 e. The number of amides is 1. The number of carbonyl (C=O) groups is 1. The number of rotatable bonds is 3. The van der Waals surface area contributed by atoms with E-state index in [-0.39, 0.29) is 11.7 Å². The first-order valence-electron chi connectivity index (χ1n) is 5.77. The molecule has 0 unspecified atom stereocenters. The van der Waals surface area contributed by atoms with Gasteiger partial charge in [-0.1, -0.05) is 15.9 Å². The topological polar surface area (TPSA) is 54.6 Å². The van der Waals surface area contributed by atoms with Crippen molar-refractivity contribution in [3.8, 4) is 0 Å². The Morgan fingerprint density at radius 1 is 1.35 bits per heavy atom. The van der Waals surface area contributed by atoms with Crippen molar-refractivity contribution in [3.63, 3.8) is 0 Å². The van der Waals surface area contributed by atoms with Crippen LogP contribution in [-0.4, -0.2) is 12.1 Å². The summed E-state index contributed by atoms with van der Waals surface area (Å²) in [4.78, 5) is 11.9. The highest BCUT2D eigenvalue weighted by atomic mass is 79.9. The van der Waals surface area contributed by atoms with E-state index in [4.69, 9.17) is 4.42 Å². The summed E-state index contributed by atoms with van der Waals surface area (Å²) in [5.74, 6) is -0.135. The van der Waals surface area contributed by atoms with Gasteiger partial charge in [-0.15, -0.1) is 0 Å². The van der Waals surface area contributed by atoms with Gasteiger partial charge in [0.2, 0.25) is 0 Å². The molecule has 100 valence electrons. The van der Waals surface area contributed by atoms with Gasteiger partial charge < -0.3 is 4.42 Å². The van der Waals surface area contributed by atoms with Gasteiger partial charge in [-0.3, -0.25) is 4.79 Å². The van der Waals surface area contributed by atoms with Gasteiger partial charge >= 0.3 is 5.91 Å². The number of hydrogen-bond donors (Lipinski definition) is 1. The third kappa shape index (κ3) is 2.81.